The van der Waals surface area contributed by atoms with Crippen molar-refractivity contribution < 1.29 is 4.79 Å². The van der Waals surface area contributed by atoms with E-state index in [4.69, 9.17) is 12.2 Å². The number of hydrogen-bond donors (Lipinski definition) is 0. The number of carbonyl (C=O) groups is 1. The van der Waals surface area contributed by atoms with Gasteiger partial charge in [0.25, 0.3) is 5.91 Å². The lowest BCUT2D eigenvalue weighted by Crippen LogP contribution is -2.27. The van der Waals surface area contributed by atoms with Crippen LogP contribution < -0.4 is 9.80 Å². The van der Waals surface area contributed by atoms with Gasteiger partial charge >= 0.3 is 0 Å². The van der Waals surface area contributed by atoms with Crippen molar-refractivity contribution in [2.75, 3.05) is 23.9 Å². The molecule has 2 aromatic rings. The average molecular weight is 419 g/mol. The normalized spacial score (nSPS) is 16.1. The monoisotopic (exact) mass is 418 g/mol. The highest BCUT2D eigenvalue weighted by Gasteiger charge is 2.33. The topological polar surface area (TPSA) is 23.6 Å². The summed E-state index contributed by atoms with van der Waals surface area (Å²) in [7, 11) is 3.96. The second-order valence-corrected chi connectivity index (χ2v) is 8.07. The van der Waals surface area contributed by atoms with Crippen molar-refractivity contribution in [3.8, 4) is 0 Å². The first-order valence-corrected chi connectivity index (χ1v) is 9.28. The Morgan fingerprint density at radius 2 is 1.88 bits per heavy atom. The number of anilines is 2. The van der Waals surface area contributed by atoms with E-state index in [1.165, 1.54) is 11.8 Å². The Kier molecular flexibility index (Phi) is 5.08. The molecule has 2 aromatic carbocycles. The zero-order valence-corrected chi connectivity index (χ0v) is 16.4. The molecule has 1 aliphatic rings. The molecule has 1 heterocycles. The maximum absolute atomic E-state index is 12.8. The van der Waals surface area contributed by atoms with Crippen LogP contribution in [0.5, 0.6) is 0 Å². The van der Waals surface area contributed by atoms with E-state index in [9.17, 15) is 4.79 Å². The highest BCUT2D eigenvalue weighted by Crippen LogP contribution is 2.36. The molecule has 0 unspecified atom stereocenters. The molecular weight excluding hydrogens is 404 g/mol. The van der Waals surface area contributed by atoms with Crippen molar-refractivity contribution in [3.63, 3.8) is 0 Å². The van der Waals surface area contributed by atoms with Crippen LogP contribution in [0.1, 0.15) is 5.56 Å². The van der Waals surface area contributed by atoms with E-state index in [-0.39, 0.29) is 5.91 Å². The summed E-state index contributed by atoms with van der Waals surface area (Å²) in [5.41, 5.74) is 2.84. The van der Waals surface area contributed by atoms with E-state index in [1.807, 2.05) is 73.6 Å². The van der Waals surface area contributed by atoms with Gasteiger partial charge in [-0.05, 0) is 48.0 Å². The molecule has 0 bridgehead atoms. The van der Waals surface area contributed by atoms with Crippen molar-refractivity contribution in [2.24, 2.45) is 0 Å². The van der Waals surface area contributed by atoms with Gasteiger partial charge in [0.05, 0.1) is 10.6 Å². The standard InChI is InChI=1S/C18H15BrN2OS2/c1-20(2)14-6-8-15(9-7-14)21-17(22)16(24-18(21)23)11-12-4-3-5-13(19)10-12/h3-11H,1-2H3/b16-11+. The minimum atomic E-state index is -0.0809. The van der Waals surface area contributed by atoms with E-state index >= 15 is 0 Å². The fourth-order valence-electron chi connectivity index (χ4n) is 2.34. The van der Waals surface area contributed by atoms with Gasteiger partial charge < -0.3 is 4.90 Å². The number of thiocarbonyl (C=S) groups is 1. The van der Waals surface area contributed by atoms with Crippen LogP contribution in [0.25, 0.3) is 6.08 Å². The van der Waals surface area contributed by atoms with Crippen LogP contribution in [-0.4, -0.2) is 24.3 Å². The third-order valence-electron chi connectivity index (χ3n) is 3.56. The summed E-state index contributed by atoms with van der Waals surface area (Å²) in [6, 6.07) is 15.6. The molecule has 122 valence electrons. The predicted molar refractivity (Wildman–Crippen MR) is 111 cm³/mol. The van der Waals surface area contributed by atoms with Crippen molar-refractivity contribution in [1.82, 2.24) is 0 Å². The lowest BCUT2D eigenvalue weighted by atomic mass is 10.2. The molecule has 24 heavy (non-hydrogen) atoms. The largest absolute Gasteiger partial charge is 0.378 e. The highest BCUT2D eigenvalue weighted by atomic mass is 79.9. The molecule has 1 amide bonds. The first-order valence-electron chi connectivity index (χ1n) is 7.26. The number of amides is 1. The van der Waals surface area contributed by atoms with E-state index in [0.29, 0.717) is 9.23 Å². The molecule has 0 N–H and O–H groups in total. The summed E-state index contributed by atoms with van der Waals surface area (Å²) in [6.45, 7) is 0. The summed E-state index contributed by atoms with van der Waals surface area (Å²) in [6.07, 6.45) is 1.87. The number of halogens is 1. The Labute approximate surface area is 159 Å². The number of hydrogen-bond acceptors (Lipinski definition) is 4. The van der Waals surface area contributed by atoms with E-state index < -0.39 is 0 Å². The molecule has 3 rings (SSSR count). The van der Waals surface area contributed by atoms with Crippen LogP contribution in [0.15, 0.2) is 57.9 Å². The quantitative estimate of drug-likeness (QED) is 0.521. The van der Waals surface area contributed by atoms with Crippen molar-refractivity contribution in [3.05, 3.63) is 63.5 Å². The van der Waals surface area contributed by atoms with E-state index in [0.717, 1.165) is 21.4 Å². The Morgan fingerprint density at radius 3 is 2.50 bits per heavy atom. The van der Waals surface area contributed by atoms with Gasteiger partial charge in [0.1, 0.15) is 0 Å². The smallest absolute Gasteiger partial charge is 0.270 e. The van der Waals surface area contributed by atoms with Crippen molar-refractivity contribution >= 4 is 67.6 Å². The molecule has 0 spiro atoms. The van der Waals surface area contributed by atoms with E-state index in [2.05, 4.69) is 15.9 Å². The zero-order valence-electron chi connectivity index (χ0n) is 13.2. The molecule has 1 fully saturated rings. The maximum Gasteiger partial charge on any atom is 0.270 e. The molecule has 1 saturated heterocycles. The first kappa shape index (κ1) is 17.2. The van der Waals surface area contributed by atoms with Crippen LogP contribution in [-0.2, 0) is 4.79 Å². The van der Waals surface area contributed by atoms with Crippen LogP contribution in [0.2, 0.25) is 0 Å². The van der Waals surface area contributed by atoms with Gasteiger partial charge in [-0.25, -0.2) is 0 Å². The second kappa shape index (κ2) is 7.09. The molecule has 6 heteroatoms. The second-order valence-electron chi connectivity index (χ2n) is 5.48. The summed E-state index contributed by atoms with van der Waals surface area (Å²) in [5.74, 6) is -0.0809. The fourth-order valence-corrected chi connectivity index (χ4v) is 4.05. The van der Waals surface area contributed by atoms with Gasteiger partial charge in [0, 0.05) is 24.3 Å². The number of rotatable bonds is 3. The first-order chi connectivity index (χ1) is 11.5. The number of carbonyl (C=O) groups excluding carboxylic acids is 1. The molecule has 1 aliphatic heterocycles. The molecular formula is C18H15BrN2OS2. The minimum Gasteiger partial charge on any atom is -0.378 e. The van der Waals surface area contributed by atoms with Crippen LogP contribution in [0.4, 0.5) is 11.4 Å². The number of benzene rings is 2. The molecule has 0 saturated carbocycles. The maximum atomic E-state index is 12.8. The third-order valence-corrected chi connectivity index (χ3v) is 5.36. The zero-order chi connectivity index (χ0) is 17.3. The Morgan fingerprint density at radius 1 is 1.17 bits per heavy atom. The van der Waals surface area contributed by atoms with Gasteiger partial charge in [-0.3, -0.25) is 9.69 Å². The summed E-state index contributed by atoms with van der Waals surface area (Å²) in [5, 5.41) is 0. The summed E-state index contributed by atoms with van der Waals surface area (Å²) < 4.78 is 1.53. The van der Waals surface area contributed by atoms with Gasteiger partial charge in [0.2, 0.25) is 0 Å². The Hall–Kier alpha value is -1.63. The van der Waals surface area contributed by atoms with E-state index in [1.54, 1.807) is 4.90 Å². The van der Waals surface area contributed by atoms with Gasteiger partial charge in [0.15, 0.2) is 4.32 Å². The van der Waals surface area contributed by atoms with Crippen LogP contribution in [0, 0.1) is 0 Å². The lowest BCUT2D eigenvalue weighted by Gasteiger charge is -2.17. The average Bonchev–Trinajstić information content (AvgIpc) is 2.81. The van der Waals surface area contributed by atoms with Gasteiger partial charge in [-0.2, -0.15) is 0 Å². The highest BCUT2D eigenvalue weighted by molar-refractivity contribution is 9.10. The molecule has 0 radical (unpaired) electrons. The molecule has 0 atom stereocenters. The van der Waals surface area contributed by atoms with Crippen molar-refractivity contribution in [2.45, 2.75) is 0 Å². The van der Waals surface area contributed by atoms with Crippen LogP contribution >= 0.6 is 39.9 Å². The molecule has 3 nitrogen and oxygen atoms in total. The van der Waals surface area contributed by atoms with Crippen molar-refractivity contribution in [1.29, 1.82) is 0 Å². The Bertz CT molecular complexity index is 831. The lowest BCUT2D eigenvalue weighted by molar-refractivity contribution is -0.113. The molecule has 0 aromatic heterocycles. The minimum absolute atomic E-state index is 0.0809. The SMILES string of the molecule is CN(C)c1ccc(N2C(=O)/C(=C\c3cccc(Br)c3)SC2=S)cc1. The fraction of sp³-hybridized carbons (Fsp3) is 0.111. The van der Waals surface area contributed by atoms with Gasteiger partial charge in [-0.1, -0.05) is 52.0 Å². The molecule has 0 aliphatic carbocycles. The summed E-state index contributed by atoms with van der Waals surface area (Å²) in [4.78, 5) is 17.0. The number of nitrogens with zero attached hydrogens (tertiary/aromatic N) is 2. The number of thioether (sulfide) groups is 1. The van der Waals surface area contributed by atoms with Gasteiger partial charge in [-0.15, -0.1) is 0 Å². The summed E-state index contributed by atoms with van der Waals surface area (Å²) >= 11 is 10.2. The third kappa shape index (κ3) is 3.55. The predicted octanol–water partition coefficient (Wildman–Crippen LogP) is 4.92. The Balaban J connectivity index is 1.89. The van der Waals surface area contributed by atoms with Crippen LogP contribution in [0.3, 0.4) is 0 Å².